The molecule has 0 saturated carbocycles. The Balaban J connectivity index is -0.000000761. The minimum Gasteiger partial charge on any atom is -0.433 e. The van der Waals surface area contributed by atoms with E-state index in [0.717, 1.165) is 29.8 Å². The van der Waals surface area contributed by atoms with E-state index in [0.29, 0.717) is 37.0 Å². The third-order valence-corrected chi connectivity index (χ3v) is 5.82. The summed E-state index contributed by atoms with van der Waals surface area (Å²) in [4.78, 5) is 43.0. The van der Waals surface area contributed by atoms with Crippen LogP contribution in [0.25, 0.3) is 10.4 Å². The van der Waals surface area contributed by atoms with E-state index in [2.05, 4.69) is 97.9 Å². The molecule has 274 valence electrons. The van der Waals surface area contributed by atoms with Gasteiger partial charge >= 0.3 is 0 Å². The van der Waals surface area contributed by atoms with Crippen molar-refractivity contribution in [3.8, 4) is 0 Å². The molecule has 0 saturated heterocycles. The molecule has 1 aromatic rings. The molecule has 0 fully saturated rings. The topological polar surface area (TPSA) is 183 Å². The second-order valence-electron chi connectivity index (χ2n) is 12.1. The molecule has 3 amide bonds. The van der Waals surface area contributed by atoms with Crippen LogP contribution < -0.4 is 27.0 Å². The van der Waals surface area contributed by atoms with Crippen molar-refractivity contribution in [1.82, 2.24) is 21.3 Å². The van der Waals surface area contributed by atoms with Gasteiger partial charge in [-0.15, -0.1) is 0 Å². The lowest BCUT2D eigenvalue weighted by Crippen LogP contribution is -2.48. The highest BCUT2D eigenvalue weighted by molar-refractivity contribution is 5.88. The molecule has 0 radical (unpaired) electrons. The number of carbonyl (C=O) groups excluding carboxylic acids is 3. The van der Waals surface area contributed by atoms with Crippen LogP contribution in [0.1, 0.15) is 106 Å². The number of anilines is 1. The van der Waals surface area contributed by atoms with Gasteiger partial charge in [0.1, 0.15) is 11.3 Å². The fourth-order valence-corrected chi connectivity index (χ4v) is 3.84. The molecule has 6 N–H and O–H groups in total. The first-order valence-corrected chi connectivity index (χ1v) is 17.1. The first-order chi connectivity index (χ1) is 22.7. The number of nitrogens with two attached hydrogens (primary N) is 1. The van der Waals surface area contributed by atoms with Crippen LogP contribution in [0, 0.1) is 11.8 Å². The number of rotatable bonds is 19. The highest BCUT2D eigenvalue weighted by Gasteiger charge is 2.20. The lowest BCUT2D eigenvalue weighted by molar-refractivity contribution is -0.129. The number of hydrogen-bond acceptors (Lipinski definition) is 7. The number of nitrogens with zero attached hydrogens (tertiary/aromatic N) is 3. The van der Waals surface area contributed by atoms with Gasteiger partial charge in [-0.25, -0.2) is 0 Å². The second kappa shape index (κ2) is 32.7. The van der Waals surface area contributed by atoms with Gasteiger partial charge in [-0.2, -0.15) is 0 Å². The van der Waals surface area contributed by atoms with Gasteiger partial charge in [0.25, 0.3) is 0 Å². The van der Waals surface area contributed by atoms with E-state index in [-0.39, 0.29) is 37.2 Å². The van der Waals surface area contributed by atoms with Crippen LogP contribution in [-0.4, -0.2) is 50.0 Å². The minimum atomic E-state index is -0.811. The van der Waals surface area contributed by atoms with Crippen molar-refractivity contribution in [2.45, 2.75) is 113 Å². The lowest BCUT2D eigenvalue weighted by Gasteiger charge is -2.18. The molecule has 0 aromatic heterocycles. The maximum Gasteiger partial charge on any atom is 0.242 e. The summed E-state index contributed by atoms with van der Waals surface area (Å²) >= 11 is 0. The number of likely N-dealkylation sites (N-methyl/N-ethyl adjacent to an activating group) is 1. The Labute approximate surface area is 290 Å². The molecule has 12 heteroatoms. The van der Waals surface area contributed by atoms with Crippen molar-refractivity contribution in [3.05, 3.63) is 64.7 Å². The normalized spacial score (nSPS) is 10.8. The predicted molar refractivity (Wildman–Crippen MR) is 200 cm³/mol. The number of amides is 3. The van der Waals surface area contributed by atoms with E-state index in [1.54, 1.807) is 31.2 Å². The second-order valence-corrected chi connectivity index (χ2v) is 12.1. The predicted octanol–water partition coefficient (Wildman–Crippen LogP) is 7.14. The third kappa shape index (κ3) is 33.2. The minimum absolute atomic E-state index is 0.00261. The van der Waals surface area contributed by atoms with Gasteiger partial charge in [0.2, 0.25) is 17.7 Å². The van der Waals surface area contributed by atoms with E-state index < -0.39 is 6.04 Å². The molecule has 0 aliphatic rings. The summed E-state index contributed by atoms with van der Waals surface area (Å²) < 4.78 is 0. The average molecular weight is 675 g/mol. The molecule has 12 nitrogen and oxygen atoms in total. The lowest BCUT2D eigenvalue weighted by atomic mass is 9.94. The molecule has 0 heterocycles. The molecule has 2 unspecified atom stereocenters. The molecule has 0 aliphatic heterocycles. The standard InChI is InChI=1S/C16H22N6O3.C14H28N2O.2C3H8/c1-11(2)10-19-16(24)14(7-8-25-22-21-18)20-15(23)9-12-3-5-13(17)6-4-12;1-6-15-13(5)10-16-14(17)8-7-12(4)9-11(2)3;2*1-3-2/h3-6,14H,1,7-10,17H2,2H3,(H,19,24)(H,20,23);11-12,15H,5-10H2,1-4H3,(H,16,17);2*3H2,1-2H3. The van der Waals surface area contributed by atoms with Gasteiger partial charge in [0.05, 0.1) is 19.6 Å². The molecule has 0 spiro atoms. The van der Waals surface area contributed by atoms with Crippen LogP contribution in [-0.2, 0) is 25.6 Å². The number of nitrogen functional groups attached to an aromatic ring is 1. The van der Waals surface area contributed by atoms with Crippen LogP contribution in [0.3, 0.4) is 0 Å². The van der Waals surface area contributed by atoms with Crippen LogP contribution in [0.15, 0.2) is 54.0 Å². The number of nitrogens with one attached hydrogen (secondary N) is 4. The van der Waals surface area contributed by atoms with Gasteiger partial charge in [-0.05, 0) is 61.8 Å². The Morgan fingerprint density at radius 3 is 2.00 bits per heavy atom. The van der Waals surface area contributed by atoms with Gasteiger partial charge in [0, 0.05) is 42.2 Å². The van der Waals surface area contributed by atoms with Crippen molar-refractivity contribution in [3.63, 3.8) is 0 Å². The average Bonchev–Trinajstić information content (AvgIpc) is 3.01. The van der Waals surface area contributed by atoms with E-state index in [9.17, 15) is 14.4 Å². The van der Waals surface area contributed by atoms with Gasteiger partial charge in [-0.3, -0.25) is 14.4 Å². The third-order valence-electron chi connectivity index (χ3n) is 5.82. The van der Waals surface area contributed by atoms with Gasteiger partial charge in [-0.1, -0.05) is 92.2 Å². The smallest absolute Gasteiger partial charge is 0.242 e. The number of benzene rings is 1. The van der Waals surface area contributed by atoms with Gasteiger partial charge in [0.15, 0.2) is 0 Å². The molecule has 0 aliphatic carbocycles. The summed E-state index contributed by atoms with van der Waals surface area (Å²) in [6, 6.07) is 6.08. The highest BCUT2D eigenvalue weighted by Crippen LogP contribution is 2.16. The van der Waals surface area contributed by atoms with Crippen LogP contribution in [0.2, 0.25) is 0 Å². The zero-order valence-corrected chi connectivity index (χ0v) is 31.3. The molecular weight excluding hydrogens is 608 g/mol. The number of carbonyl (C=O) groups is 3. The fraction of sp³-hybridized carbons (Fsp3) is 0.639. The Hall–Kier alpha value is -4.18. The van der Waals surface area contributed by atoms with Crippen LogP contribution in [0.5, 0.6) is 0 Å². The molecule has 2 atom stereocenters. The quantitative estimate of drug-likeness (QED) is 0.0198. The highest BCUT2D eigenvalue weighted by atomic mass is 16.6. The van der Waals surface area contributed by atoms with Crippen molar-refractivity contribution < 1.29 is 19.2 Å². The summed E-state index contributed by atoms with van der Waals surface area (Å²) in [6.45, 7) is 28.2. The Morgan fingerprint density at radius 1 is 0.917 bits per heavy atom. The first kappa shape index (κ1) is 48.2. The Kier molecular flexibility index (Phi) is 32.9. The van der Waals surface area contributed by atoms with E-state index in [1.165, 1.54) is 19.3 Å². The number of hydrogen-bond donors (Lipinski definition) is 5. The fourth-order valence-electron chi connectivity index (χ4n) is 3.84. The van der Waals surface area contributed by atoms with Crippen molar-refractivity contribution in [2.24, 2.45) is 17.1 Å². The van der Waals surface area contributed by atoms with Crippen LogP contribution in [0.4, 0.5) is 5.69 Å². The monoisotopic (exact) mass is 675 g/mol. The molecule has 0 bridgehead atoms. The van der Waals surface area contributed by atoms with Gasteiger partial charge < -0.3 is 31.8 Å². The zero-order chi connectivity index (χ0) is 37.3. The Morgan fingerprint density at radius 2 is 1.50 bits per heavy atom. The van der Waals surface area contributed by atoms with Crippen LogP contribution >= 0.6 is 0 Å². The largest absolute Gasteiger partial charge is 0.433 e. The molecule has 48 heavy (non-hydrogen) atoms. The summed E-state index contributed by atoms with van der Waals surface area (Å²) in [5.41, 5.74) is 16.8. The summed E-state index contributed by atoms with van der Waals surface area (Å²) in [7, 11) is 0. The number of azide groups is 1. The summed E-state index contributed by atoms with van der Waals surface area (Å²) in [6.07, 6.45) is 5.55. The Bertz CT molecular complexity index is 1070. The van der Waals surface area contributed by atoms with Crippen molar-refractivity contribution in [2.75, 3.05) is 32.0 Å². The van der Waals surface area contributed by atoms with E-state index >= 15 is 0 Å². The van der Waals surface area contributed by atoms with Crippen molar-refractivity contribution in [1.29, 1.82) is 0 Å². The SMILES string of the molecule is C=C(C)CNC(=O)C(CCON=[N+]=[N-])NC(=O)Cc1ccc(N)cc1.C=C(CNC(=O)CCC(C)CC(C)C)NCC.CCC.CCC. The summed E-state index contributed by atoms with van der Waals surface area (Å²) in [5, 5.41) is 14.2. The maximum atomic E-state index is 12.2. The van der Waals surface area contributed by atoms with E-state index in [4.69, 9.17) is 11.3 Å². The molecule has 1 rings (SSSR count). The molecule has 1 aromatic carbocycles. The maximum absolute atomic E-state index is 12.2. The zero-order valence-electron chi connectivity index (χ0n) is 31.3. The molecular formula is C36H66N8O4. The van der Waals surface area contributed by atoms with E-state index in [1.807, 2.05) is 6.92 Å². The first-order valence-electron chi connectivity index (χ1n) is 17.1. The summed E-state index contributed by atoms with van der Waals surface area (Å²) in [5.74, 6) is 0.779. The van der Waals surface area contributed by atoms with Crippen molar-refractivity contribution >= 4 is 23.4 Å².